The summed E-state index contributed by atoms with van der Waals surface area (Å²) in [7, 11) is 0. The number of nitrogens with zero attached hydrogens (tertiary/aromatic N) is 3. The number of amides is 1. The second-order valence-corrected chi connectivity index (χ2v) is 6.74. The lowest BCUT2D eigenvalue weighted by atomic mass is 10.2. The van der Waals surface area contributed by atoms with Crippen molar-refractivity contribution in [3.05, 3.63) is 63.8 Å². The fourth-order valence-corrected chi connectivity index (χ4v) is 3.25. The van der Waals surface area contributed by atoms with Crippen molar-refractivity contribution in [2.24, 2.45) is 0 Å². The SMILES string of the molecule is CCc1nc2ccc(Cl)cn2c1C(=O)NCc1nc2ccc(Cl)cc2[nH]1. The molecular weight excluding hydrogens is 373 g/mol. The summed E-state index contributed by atoms with van der Waals surface area (Å²) in [6.45, 7) is 2.23. The molecule has 0 aliphatic rings. The van der Waals surface area contributed by atoms with Gasteiger partial charge in [0.15, 0.2) is 0 Å². The number of nitrogens with one attached hydrogen (secondary N) is 2. The number of carbonyl (C=O) groups is 1. The highest BCUT2D eigenvalue weighted by molar-refractivity contribution is 6.31. The lowest BCUT2D eigenvalue weighted by Gasteiger charge is -2.05. The minimum Gasteiger partial charge on any atom is -0.343 e. The third-order valence-corrected chi connectivity index (χ3v) is 4.57. The number of hydrogen-bond acceptors (Lipinski definition) is 3. The first kappa shape index (κ1) is 16.9. The molecule has 4 rings (SSSR count). The molecule has 6 nitrogen and oxygen atoms in total. The van der Waals surface area contributed by atoms with E-state index in [9.17, 15) is 4.79 Å². The van der Waals surface area contributed by atoms with Crippen LogP contribution in [-0.4, -0.2) is 25.3 Å². The first-order chi connectivity index (χ1) is 12.5. The predicted molar refractivity (Wildman–Crippen MR) is 102 cm³/mol. The van der Waals surface area contributed by atoms with E-state index in [0.29, 0.717) is 33.6 Å². The quantitative estimate of drug-likeness (QED) is 0.555. The fraction of sp³-hybridized carbons (Fsp3) is 0.167. The Hall–Kier alpha value is -2.57. The molecule has 0 aliphatic heterocycles. The van der Waals surface area contributed by atoms with Gasteiger partial charge in [-0.05, 0) is 36.8 Å². The molecule has 0 atom stereocenters. The van der Waals surface area contributed by atoms with Gasteiger partial charge in [0, 0.05) is 11.2 Å². The first-order valence-corrected chi connectivity index (χ1v) is 8.89. The average molecular weight is 388 g/mol. The van der Waals surface area contributed by atoms with Crippen LogP contribution in [0.4, 0.5) is 0 Å². The molecule has 1 amide bonds. The Bertz CT molecular complexity index is 1130. The molecule has 0 spiro atoms. The molecule has 0 saturated carbocycles. The number of hydrogen-bond donors (Lipinski definition) is 2. The van der Waals surface area contributed by atoms with Crippen LogP contribution in [0.2, 0.25) is 10.0 Å². The number of aromatic amines is 1. The average Bonchev–Trinajstić information content (AvgIpc) is 3.19. The van der Waals surface area contributed by atoms with Crippen LogP contribution in [0.5, 0.6) is 0 Å². The highest BCUT2D eigenvalue weighted by Gasteiger charge is 2.18. The largest absolute Gasteiger partial charge is 0.343 e. The number of pyridine rings is 1. The summed E-state index contributed by atoms with van der Waals surface area (Å²) >= 11 is 12.1. The number of fused-ring (bicyclic) bond motifs is 2. The molecule has 0 bridgehead atoms. The van der Waals surface area contributed by atoms with E-state index >= 15 is 0 Å². The summed E-state index contributed by atoms with van der Waals surface area (Å²) < 4.78 is 1.72. The van der Waals surface area contributed by atoms with Crippen molar-refractivity contribution in [1.29, 1.82) is 0 Å². The van der Waals surface area contributed by atoms with Crippen molar-refractivity contribution in [2.75, 3.05) is 0 Å². The highest BCUT2D eigenvalue weighted by Crippen LogP contribution is 2.19. The smallest absolute Gasteiger partial charge is 0.270 e. The number of halogens is 2. The third-order valence-electron chi connectivity index (χ3n) is 4.11. The Morgan fingerprint density at radius 2 is 2.00 bits per heavy atom. The van der Waals surface area contributed by atoms with Crippen molar-refractivity contribution in [3.63, 3.8) is 0 Å². The molecule has 0 unspecified atom stereocenters. The minimum absolute atomic E-state index is 0.227. The second-order valence-electron chi connectivity index (χ2n) is 5.86. The third kappa shape index (κ3) is 3.02. The number of aromatic nitrogens is 4. The van der Waals surface area contributed by atoms with Gasteiger partial charge in [-0.3, -0.25) is 9.20 Å². The Balaban J connectivity index is 1.61. The van der Waals surface area contributed by atoms with Crippen molar-refractivity contribution in [1.82, 2.24) is 24.7 Å². The van der Waals surface area contributed by atoms with Crippen LogP contribution in [-0.2, 0) is 13.0 Å². The van der Waals surface area contributed by atoms with Gasteiger partial charge >= 0.3 is 0 Å². The van der Waals surface area contributed by atoms with Crippen molar-refractivity contribution in [3.8, 4) is 0 Å². The molecule has 8 heteroatoms. The topological polar surface area (TPSA) is 75.1 Å². The minimum atomic E-state index is -0.227. The molecule has 132 valence electrons. The molecular formula is C18H15Cl2N5O. The monoisotopic (exact) mass is 387 g/mol. The van der Waals surface area contributed by atoms with Gasteiger partial charge in [-0.15, -0.1) is 0 Å². The zero-order valence-electron chi connectivity index (χ0n) is 13.9. The molecule has 4 aromatic rings. The van der Waals surface area contributed by atoms with Gasteiger partial charge in [0.1, 0.15) is 17.2 Å². The Morgan fingerprint density at radius 1 is 1.19 bits per heavy atom. The van der Waals surface area contributed by atoms with Crippen LogP contribution >= 0.6 is 23.2 Å². The molecule has 26 heavy (non-hydrogen) atoms. The number of carbonyl (C=O) groups excluding carboxylic acids is 1. The van der Waals surface area contributed by atoms with Crippen molar-refractivity contribution in [2.45, 2.75) is 19.9 Å². The van der Waals surface area contributed by atoms with Crippen LogP contribution in [0.25, 0.3) is 16.7 Å². The van der Waals surface area contributed by atoms with E-state index in [1.54, 1.807) is 34.9 Å². The molecule has 0 aliphatic carbocycles. The normalized spacial score (nSPS) is 11.3. The Labute approximate surface area is 159 Å². The first-order valence-electron chi connectivity index (χ1n) is 8.14. The van der Waals surface area contributed by atoms with Crippen LogP contribution < -0.4 is 5.32 Å². The maximum atomic E-state index is 12.8. The highest BCUT2D eigenvalue weighted by atomic mass is 35.5. The predicted octanol–water partition coefficient (Wildman–Crippen LogP) is 4.01. The summed E-state index contributed by atoms with van der Waals surface area (Å²) in [6.07, 6.45) is 2.34. The number of imidazole rings is 2. The summed E-state index contributed by atoms with van der Waals surface area (Å²) in [5.41, 5.74) is 3.53. The maximum absolute atomic E-state index is 12.8. The number of benzene rings is 1. The molecule has 1 aromatic carbocycles. The molecule has 3 heterocycles. The van der Waals surface area contributed by atoms with E-state index in [2.05, 4.69) is 20.3 Å². The number of rotatable bonds is 4. The summed E-state index contributed by atoms with van der Waals surface area (Å²) in [5.74, 6) is 0.427. The van der Waals surface area contributed by atoms with Gasteiger partial charge in [0.05, 0.1) is 28.3 Å². The van der Waals surface area contributed by atoms with E-state index in [0.717, 1.165) is 16.7 Å². The van der Waals surface area contributed by atoms with E-state index in [1.807, 2.05) is 13.0 Å². The van der Waals surface area contributed by atoms with Gasteiger partial charge in [0.2, 0.25) is 0 Å². The van der Waals surface area contributed by atoms with Gasteiger partial charge in [0.25, 0.3) is 5.91 Å². The standard InChI is InChI=1S/C18H15Cl2N5O/c1-2-12-17(25-9-11(20)4-6-16(25)24-12)18(26)21-8-15-22-13-5-3-10(19)7-14(13)23-15/h3-7,9H,2,8H2,1H3,(H,21,26)(H,22,23). The summed E-state index contributed by atoms with van der Waals surface area (Å²) in [6, 6.07) is 8.96. The number of aryl methyl sites for hydroxylation is 1. The molecule has 2 N–H and O–H groups in total. The van der Waals surface area contributed by atoms with Crippen LogP contribution in [0.3, 0.4) is 0 Å². The molecule has 0 radical (unpaired) electrons. The van der Waals surface area contributed by atoms with Crippen LogP contribution in [0.1, 0.15) is 28.9 Å². The van der Waals surface area contributed by atoms with Crippen LogP contribution in [0.15, 0.2) is 36.5 Å². The van der Waals surface area contributed by atoms with Gasteiger partial charge in [-0.1, -0.05) is 30.1 Å². The zero-order valence-corrected chi connectivity index (χ0v) is 15.4. The Morgan fingerprint density at radius 3 is 2.81 bits per heavy atom. The number of H-pyrrole nitrogens is 1. The van der Waals surface area contributed by atoms with Gasteiger partial charge in [-0.2, -0.15) is 0 Å². The van der Waals surface area contributed by atoms with E-state index in [4.69, 9.17) is 23.2 Å². The van der Waals surface area contributed by atoms with Crippen LogP contribution in [0, 0.1) is 0 Å². The second kappa shape index (κ2) is 6.63. The summed E-state index contributed by atoms with van der Waals surface area (Å²) in [5, 5.41) is 4.07. The van der Waals surface area contributed by atoms with E-state index < -0.39 is 0 Å². The zero-order chi connectivity index (χ0) is 18.3. The van der Waals surface area contributed by atoms with Crippen molar-refractivity contribution >= 4 is 45.8 Å². The van der Waals surface area contributed by atoms with Gasteiger partial charge in [-0.25, -0.2) is 9.97 Å². The maximum Gasteiger partial charge on any atom is 0.270 e. The van der Waals surface area contributed by atoms with Crippen molar-refractivity contribution < 1.29 is 4.79 Å². The Kier molecular flexibility index (Phi) is 4.30. The molecule has 0 saturated heterocycles. The van der Waals surface area contributed by atoms with E-state index in [1.165, 1.54) is 0 Å². The molecule has 0 fully saturated rings. The fourth-order valence-electron chi connectivity index (χ4n) is 2.92. The van der Waals surface area contributed by atoms with E-state index in [-0.39, 0.29) is 12.5 Å². The lowest BCUT2D eigenvalue weighted by Crippen LogP contribution is -2.25. The summed E-state index contributed by atoms with van der Waals surface area (Å²) in [4.78, 5) is 24.9. The molecule has 3 aromatic heterocycles. The lowest BCUT2D eigenvalue weighted by molar-refractivity contribution is 0.0943. The van der Waals surface area contributed by atoms with Gasteiger partial charge < -0.3 is 10.3 Å².